The van der Waals surface area contributed by atoms with Gasteiger partial charge in [0.2, 0.25) is 5.91 Å². The van der Waals surface area contributed by atoms with Crippen molar-refractivity contribution in [2.45, 2.75) is 89.3 Å². The van der Waals surface area contributed by atoms with Gasteiger partial charge in [-0.1, -0.05) is 121 Å². The summed E-state index contributed by atoms with van der Waals surface area (Å²) in [5, 5.41) is 16.4. The van der Waals surface area contributed by atoms with Crippen molar-refractivity contribution in [2.75, 3.05) is 6.61 Å². The summed E-state index contributed by atoms with van der Waals surface area (Å²) in [5.41, 5.74) is 9.65. The van der Waals surface area contributed by atoms with Gasteiger partial charge in [-0.05, 0) is 54.4 Å². The largest absolute Gasteiger partial charge is 0.461 e. The van der Waals surface area contributed by atoms with Crippen LogP contribution in [0.25, 0.3) is 0 Å². The van der Waals surface area contributed by atoms with Crippen LogP contribution in [0, 0.1) is 0 Å². The number of amides is 1. The zero-order valence-electron chi connectivity index (χ0n) is 30.9. The number of carbonyl (C=O) groups excluding carboxylic acids is 4. The lowest BCUT2D eigenvalue weighted by Crippen LogP contribution is -2.50. The van der Waals surface area contributed by atoms with Crippen molar-refractivity contribution in [3.63, 3.8) is 0 Å². The van der Waals surface area contributed by atoms with Crippen molar-refractivity contribution in [3.8, 4) is 0 Å². The Labute approximate surface area is 322 Å². The van der Waals surface area contributed by atoms with Crippen molar-refractivity contribution in [3.05, 3.63) is 144 Å². The first kappa shape index (κ1) is 42.3. The highest BCUT2D eigenvalue weighted by Gasteiger charge is 2.27. The van der Waals surface area contributed by atoms with Gasteiger partial charge in [-0.15, -0.1) is 0 Å². The quantitative estimate of drug-likeness (QED) is 0.0333. The molecule has 0 heterocycles. The molecule has 0 radical (unpaired) electrons. The molecule has 0 fully saturated rings. The summed E-state index contributed by atoms with van der Waals surface area (Å²) in [6, 6.07) is 34.1. The first-order chi connectivity index (χ1) is 26.8. The van der Waals surface area contributed by atoms with Gasteiger partial charge in [-0.2, -0.15) is 0 Å². The number of hydrogen-bond donors (Lipinski definition) is 4. The molecule has 0 saturated carbocycles. The molecule has 0 aliphatic heterocycles. The Morgan fingerprint density at radius 1 is 0.564 bits per heavy atom. The molecule has 12 nitrogen and oxygen atoms in total. The van der Waals surface area contributed by atoms with Gasteiger partial charge in [0.15, 0.2) is 0 Å². The van der Waals surface area contributed by atoms with E-state index in [1.807, 2.05) is 121 Å². The number of aliphatic hydroxyl groups excluding tert-OH is 1. The minimum Gasteiger partial charge on any atom is -0.461 e. The SMILES string of the molecule is NC(CCC(O)NC(CCC(=O)OCc1ccccc1)C(=O)OCc1ccccc1)C(=O)NC(CCCOCc1ccccc1)C(=O)OCc1ccccc1. The molecule has 1 amide bonds. The molecular weight excluding hydrogens is 702 g/mol. The number of aliphatic hydroxyl groups is 1. The van der Waals surface area contributed by atoms with E-state index in [1.54, 1.807) is 0 Å². The van der Waals surface area contributed by atoms with Crippen molar-refractivity contribution in [1.29, 1.82) is 0 Å². The van der Waals surface area contributed by atoms with Crippen LogP contribution in [0.3, 0.4) is 0 Å². The van der Waals surface area contributed by atoms with Gasteiger partial charge in [0.1, 0.15) is 38.1 Å². The van der Waals surface area contributed by atoms with E-state index >= 15 is 0 Å². The van der Waals surface area contributed by atoms with Crippen LogP contribution in [-0.4, -0.2) is 59.9 Å². The molecule has 12 heteroatoms. The lowest BCUT2D eigenvalue weighted by Gasteiger charge is -2.23. The molecule has 292 valence electrons. The third-order valence-corrected chi connectivity index (χ3v) is 8.59. The van der Waals surface area contributed by atoms with Gasteiger partial charge in [0, 0.05) is 13.0 Å². The number of benzene rings is 4. The Morgan fingerprint density at radius 3 is 1.53 bits per heavy atom. The highest BCUT2D eigenvalue weighted by atomic mass is 16.5. The van der Waals surface area contributed by atoms with E-state index in [0.29, 0.717) is 19.6 Å². The van der Waals surface area contributed by atoms with Crippen LogP contribution in [0.15, 0.2) is 121 Å². The number of carbonyl (C=O) groups is 4. The Morgan fingerprint density at radius 2 is 1.02 bits per heavy atom. The summed E-state index contributed by atoms with van der Waals surface area (Å²) >= 11 is 0. The molecule has 0 bridgehead atoms. The van der Waals surface area contributed by atoms with E-state index in [1.165, 1.54) is 0 Å². The molecule has 4 aromatic rings. The van der Waals surface area contributed by atoms with Crippen LogP contribution in [0.4, 0.5) is 0 Å². The minimum atomic E-state index is -1.28. The lowest BCUT2D eigenvalue weighted by atomic mass is 10.1. The normalized spacial score (nSPS) is 13.1. The summed E-state index contributed by atoms with van der Waals surface area (Å²) in [6.45, 7) is 0.913. The van der Waals surface area contributed by atoms with E-state index in [4.69, 9.17) is 24.7 Å². The lowest BCUT2D eigenvalue weighted by molar-refractivity contribution is -0.150. The average molecular weight is 754 g/mol. The van der Waals surface area contributed by atoms with Crippen LogP contribution in [-0.2, 0) is 64.6 Å². The number of nitrogens with two attached hydrogens (primary N) is 1. The Kier molecular flexibility index (Phi) is 18.6. The maximum atomic E-state index is 13.2. The van der Waals surface area contributed by atoms with E-state index in [9.17, 15) is 24.3 Å². The number of nitrogens with one attached hydrogen (secondary N) is 2. The van der Waals surface area contributed by atoms with Gasteiger partial charge in [0.25, 0.3) is 0 Å². The molecule has 0 aliphatic carbocycles. The molecule has 4 atom stereocenters. The van der Waals surface area contributed by atoms with Gasteiger partial charge >= 0.3 is 17.9 Å². The summed E-state index contributed by atoms with van der Waals surface area (Å²) in [6.07, 6.45) is -0.681. The maximum Gasteiger partial charge on any atom is 0.328 e. The number of rotatable bonds is 24. The number of ether oxygens (including phenoxy) is 4. The highest BCUT2D eigenvalue weighted by molar-refractivity contribution is 5.87. The molecular formula is C43H51N3O9. The second-order valence-corrected chi connectivity index (χ2v) is 13.0. The molecule has 4 unspecified atom stereocenters. The average Bonchev–Trinajstić information content (AvgIpc) is 3.22. The standard InChI is InChI=1S/C43H51N3O9/c44-36(41(49)46-37(42(50)54-30-34-18-9-3-10-19-34)22-13-27-52-28-32-14-5-1-6-15-32)23-25-39(47)45-38(43(51)55-31-35-20-11-4-12-21-35)24-26-40(48)53-29-33-16-7-2-8-17-33/h1-12,14-21,36-39,45,47H,13,22-31,44H2,(H,46,49). The van der Waals surface area contributed by atoms with Gasteiger partial charge in [0.05, 0.1) is 12.6 Å². The minimum absolute atomic E-state index is 0.00550. The third-order valence-electron chi connectivity index (χ3n) is 8.59. The van der Waals surface area contributed by atoms with Crippen molar-refractivity contribution in [1.82, 2.24) is 10.6 Å². The van der Waals surface area contributed by atoms with Crippen LogP contribution < -0.4 is 16.4 Å². The first-order valence-electron chi connectivity index (χ1n) is 18.5. The smallest absolute Gasteiger partial charge is 0.328 e. The molecule has 0 aliphatic rings. The predicted molar refractivity (Wildman–Crippen MR) is 205 cm³/mol. The van der Waals surface area contributed by atoms with Crippen molar-refractivity contribution >= 4 is 23.8 Å². The van der Waals surface area contributed by atoms with E-state index in [0.717, 1.165) is 22.3 Å². The Balaban J connectivity index is 1.28. The van der Waals surface area contributed by atoms with Crippen LogP contribution >= 0.6 is 0 Å². The van der Waals surface area contributed by atoms with Crippen LogP contribution in [0.2, 0.25) is 0 Å². The van der Waals surface area contributed by atoms with Crippen LogP contribution in [0.5, 0.6) is 0 Å². The van der Waals surface area contributed by atoms with E-state index in [2.05, 4.69) is 10.6 Å². The molecule has 0 spiro atoms. The molecule has 55 heavy (non-hydrogen) atoms. The van der Waals surface area contributed by atoms with Gasteiger partial charge < -0.3 is 35.1 Å². The second kappa shape index (κ2) is 24.1. The van der Waals surface area contributed by atoms with Gasteiger partial charge in [-0.3, -0.25) is 19.7 Å². The summed E-state index contributed by atoms with van der Waals surface area (Å²) in [7, 11) is 0. The fourth-order valence-electron chi connectivity index (χ4n) is 5.47. The Hall–Kier alpha value is -5.40. The van der Waals surface area contributed by atoms with Crippen molar-refractivity contribution < 1.29 is 43.2 Å². The summed E-state index contributed by atoms with van der Waals surface area (Å²) in [4.78, 5) is 52.0. The topological polar surface area (TPSA) is 176 Å². The highest BCUT2D eigenvalue weighted by Crippen LogP contribution is 2.12. The molecule has 5 N–H and O–H groups in total. The molecule has 0 aromatic heterocycles. The first-order valence-corrected chi connectivity index (χ1v) is 18.5. The third kappa shape index (κ3) is 16.7. The number of esters is 3. The van der Waals surface area contributed by atoms with Gasteiger partial charge in [-0.25, -0.2) is 4.79 Å². The fourth-order valence-corrected chi connectivity index (χ4v) is 5.47. The van der Waals surface area contributed by atoms with Crippen LogP contribution in [0.1, 0.15) is 60.8 Å². The predicted octanol–water partition coefficient (Wildman–Crippen LogP) is 4.86. The van der Waals surface area contributed by atoms with Crippen molar-refractivity contribution in [2.24, 2.45) is 5.73 Å². The van der Waals surface area contributed by atoms with E-state index in [-0.39, 0.29) is 51.9 Å². The van der Waals surface area contributed by atoms with E-state index < -0.39 is 48.2 Å². The fraction of sp³-hybridized carbons (Fsp3) is 0.349. The Bertz CT molecular complexity index is 1710. The molecule has 4 aromatic carbocycles. The number of hydrogen-bond acceptors (Lipinski definition) is 11. The summed E-state index contributed by atoms with van der Waals surface area (Å²) < 4.78 is 22.1. The maximum absolute atomic E-state index is 13.2. The molecule has 0 saturated heterocycles. The monoisotopic (exact) mass is 753 g/mol. The second-order valence-electron chi connectivity index (χ2n) is 13.0. The zero-order chi connectivity index (χ0) is 39.1. The molecule has 4 rings (SSSR count). The zero-order valence-corrected chi connectivity index (χ0v) is 30.9. The summed E-state index contributed by atoms with van der Waals surface area (Å²) in [5.74, 6) is -2.38.